The summed E-state index contributed by atoms with van der Waals surface area (Å²) < 4.78 is 7.33. The smallest absolute Gasteiger partial charge is 0.136 e. The second-order valence-corrected chi connectivity index (χ2v) is 5.04. The van der Waals surface area contributed by atoms with Crippen molar-refractivity contribution in [3.05, 3.63) is 60.3 Å². The third-order valence-electron chi connectivity index (χ3n) is 3.38. The van der Waals surface area contributed by atoms with Crippen molar-refractivity contribution in [1.29, 1.82) is 0 Å². The van der Waals surface area contributed by atoms with Gasteiger partial charge in [0.15, 0.2) is 0 Å². The van der Waals surface area contributed by atoms with E-state index in [0.717, 1.165) is 35.9 Å². The molecule has 0 atom stereocenters. The van der Waals surface area contributed by atoms with E-state index >= 15 is 0 Å². The van der Waals surface area contributed by atoms with E-state index in [1.54, 1.807) is 13.3 Å². The lowest BCUT2D eigenvalue weighted by Gasteiger charge is -2.16. The van der Waals surface area contributed by atoms with Crippen molar-refractivity contribution < 1.29 is 4.74 Å². The van der Waals surface area contributed by atoms with Crippen molar-refractivity contribution in [2.75, 3.05) is 14.2 Å². The number of rotatable bonds is 5. The third kappa shape index (κ3) is 3.03. The average Bonchev–Trinajstić information content (AvgIpc) is 2.91. The quantitative estimate of drug-likeness (QED) is 0.720. The lowest BCUT2D eigenvalue weighted by molar-refractivity contribution is 0.309. The number of imidazole rings is 1. The molecule has 0 saturated carbocycles. The van der Waals surface area contributed by atoms with Crippen LogP contribution in [0.5, 0.6) is 5.75 Å². The van der Waals surface area contributed by atoms with Gasteiger partial charge in [-0.1, -0.05) is 6.07 Å². The van der Waals surface area contributed by atoms with Gasteiger partial charge >= 0.3 is 0 Å². The van der Waals surface area contributed by atoms with E-state index in [1.165, 1.54) is 0 Å². The lowest BCUT2D eigenvalue weighted by Crippen LogP contribution is -2.19. The molecule has 0 radical (unpaired) electrons. The predicted octanol–water partition coefficient (Wildman–Crippen LogP) is 2.37. The van der Waals surface area contributed by atoms with Crippen LogP contribution in [-0.2, 0) is 13.1 Å². The van der Waals surface area contributed by atoms with Crippen LogP contribution in [0.2, 0.25) is 0 Å². The minimum Gasteiger partial charge on any atom is -0.497 e. The fourth-order valence-corrected chi connectivity index (χ4v) is 2.38. The number of hydrogen-bond donors (Lipinski definition) is 0. The van der Waals surface area contributed by atoms with Crippen LogP contribution in [0.15, 0.2) is 48.9 Å². The zero-order chi connectivity index (χ0) is 14.7. The molecule has 0 unspecified atom stereocenters. The number of pyridine rings is 2. The van der Waals surface area contributed by atoms with E-state index in [0.29, 0.717) is 0 Å². The first-order valence-corrected chi connectivity index (χ1v) is 6.84. The van der Waals surface area contributed by atoms with Gasteiger partial charge in [-0.05, 0) is 25.2 Å². The average molecular weight is 282 g/mol. The van der Waals surface area contributed by atoms with Crippen LogP contribution < -0.4 is 4.74 Å². The molecule has 21 heavy (non-hydrogen) atoms. The molecular weight excluding hydrogens is 264 g/mol. The molecule has 0 amide bonds. The first-order chi connectivity index (χ1) is 10.3. The maximum atomic E-state index is 5.23. The fourth-order valence-electron chi connectivity index (χ4n) is 2.38. The van der Waals surface area contributed by atoms with Gasteiger partial charge in [-0.15, -0.1) is 0 Å². The van der Waals surface area contributed by atoms with E-state index in [2.05, 4.69) is 26.3 Å². The molecule has 0 aliphatic heterocycles. The molecule has 5 nitrogen and oxygen atoms in total. The molecule has 0 spiro atoms. The topological polar surface area (TPSA) is 42.7 Å². The van der Waals surface area contributed by atoms with Crippen molar-refractivity contribution in [3.8, 4) is 5.75 Å². The lowest BCUT2D eigenvalue weighted by atomic mass is 10.3. The molecule has 0 bridgehead atoms. The SMILES string of the molecule is COc1ccnc(CN(C)Cc2cnc3ccccn23)c1. The number of fused-ring (bicyclic) bond motifs is 1. The van der Waals surface area contributed by atoms with Gasteiger partial charge < -0.3 is 9.14 Å². The molecule has 108 valence electrons. The minimum atomic E-state index is 0.761. The molecule has 0 aliphatic rings. The number of nitrogens with zero attached hydrogens (tertiary/aromatic N) is 4. The Bertz CT molecular complexity index is 738. The second-order valence-electron chi connectivity index (χ2n) is 5.04. The van der Waals surface area contributed by atoms with Gasteiger partial charge in [0.2, 0.25) is 0 Å². The first-order valence-electron chi connectivity index (χ1n) is 6.84. The highest BCUT2D eigenvalue weighted by Crippen LogP contribution is 2.13. The maximum Gasteiger partial charge on any atom is 0.136 e. The molecule has 0 fully saturated rings. The van der Waals surface area contributed by atoms with Crippen LogP contribution in [0.3, 0.4) is 0 Å². The third-order valence-corrected chi connectivity index (χ3v) is 3.38. The summed E-state index contributed by atoms with van der Waals surface area (Å²) in [6, 6.07) is 9.84. The van der Waals surface area contributed by atoms with Crippen molar-refractivity contribution in [2.24, 2.45) is 0 Å². The van der Waals surface area contributed by atoms with Gasteiger partial charge in [0, 0.05) is 31.5 Å². The summed E-state index contributed by atoms with van der Waals surface area (Å²) in [6.07, 6.45) is 5.73. The Kier molecular flexibility index (Phi) is 3.83. The number of ether oxygens (including phenoxy) is 1. The van der Waals surface area contributed by atoms with Gasteiger partial charge in [0.1, 0.15) is 11.4 Å². The normalized spacial score (nSPS) is 11.2. The van der Waals surface area contributed by atoms with Gasteiger partial charge in [0.25, 0.3) is 0 Å². The Morgan fingerprint density at radius 1 is 1.19 bits per heavy atom. The molecule has 0 saturated heterocycles. The molecule has 0 N–H and O–H groups in total. The van der Waals surface area contributed by atoms with Crippen LogP contribution in [0, 0.1) is 0 Å². The molecule has 3 heterocycles. The molecule has 5 heteroatoms. The molecule has 0 aromatic carbocycles. The summed E-state index contributed by atoms with van der Waals surface area (Å²) in [7, 11) is 3.74. The van der Waals surface area contributed by atoms with Crippen LogP contribution in [0.4, 0.5) is 0 Å². The largest absolute Gasteiger partial charge is 0.497 e. The molecular formula is C16H18N4O. The van der Waals surface area contributed by atoms with Crippen LogP contribution in [-0.4, -0.2) is 33.4 Å². The van der Waals surface area contributed by atoms with E-state index in [1.807, 2.05) is 42.7 Å². The van der Waals surface area contributed by atoms with Crippen molar-refractivity contribution in [3.63, 3.8) is 0 Å². The van der Waals surface area contributed by atoms with Crippen molar-refractivity contribution in [1.82, 2.24) is 19.3 Å². The highest BCUT2D eigenvalue weighted by Gasteiger charge is 2.07. The van der Waals surface area contributed by atoms with Crippen LogP contribution in [0.25, 0.3) is 5.65 Å². The summed E-state index contributed by atoms with van der Waals surface area (Å²) >= 11 is 0. The van der Waals surface area contributed by atoms with Crippen LogP contribution >= 0.6 is 0 Å². The summed E-state index contributed by atoms with van der Waals surface area (Å²) in [5.74, 6) is 0.836. The Morgan fingerprint density at radius 2 is 2.10 bits per heavy atom. The highest BCUT2D eigenvalue weighted by atomic mass is 16.5. The van der Waals surface area contributed by atoms with Crippen LogP contribution in [0.1, 0.15) is 11.4 Å². The minimum absolute atomic E-state index is 0.761. The standard InChI is InChI=1S/C16H18N4O/c1-19(11-13-9-15(21-2)6-7-17-13)12-14-10-18-16-5-3-4-8-20(14)16/h3-10H,11-12H2,1-2H3. The van der Waals surface area contributed by atoms with E-state index in [4.69, 9.17) is 4.74 Å². The highest BCUT2D eigenvalue weighted by molar-refractivity contribution is 5.39. The number of hydrogen-bond acceptors (Lipinski definition) is 4. The van der Waals surface area contributed by atoms with E-state index in [9.17, 15) is 0 Å². The first kappa shape index (κ1) is 13.6. The maximum absolute atomic E-state index is 5.23. The molecule has 3 aromatic rings. The second kappa shape index (κ2) is 5.93. The summed E-state index contributed by atoms with van der Waals surface area (Å²) in [6.45, 7) is 1.57. The van der Waals surface area contributed by atoms with Crippen molar-refractivity contribution >= 4 is 5.65 Å². The number of methoxy groups -OCH3 is 1. The van der Waals surface area contributed by atoms with Gasteiger partial charge in [-0.3, -0.25) is 9.88 Å². The Morgan fingerprint density at radius 3 is 2.95 bits per heavy atom. The van der Waals surface area contributed by atoms with Gasteiger partial charge in [0.05, 0.1) is 24.7 Å². The molecule has 3 aromatic heterocycles. The number of aromatic nitrogens is 3. The van der Waals surface area contributed by atoms with Gasteiger partial charge in [-0.2, -0.15) is 0 Å². The summed E-state index contributed by atoms with van der Waals surface area (Å²) in [4.78, 5) is 11.0. The fraction of sp³-hybridized carbons (Fsp3) is 0.250. The molecule has 0 aliphatic carbocycles. The predicted molar refractivity (Wildman–Crippen MR) is 81.2 cm³/mol. The summed E-state index contributed by atoms with van der Waals surface area (Å²) in [5, 5.41) is 0. The van der Waals surface area contributed by atoms with Gasteiger partial charge in [-0.25, -0.2) is 4.98 Å². The zero-order valence-electron chi connectivity index (χ0n) is 12.2. The van der Waals surface area contributed by atoms with E-state index < -0.39 is 0 Å². The summed E-state index contributed by atoms with van der Waals surface area (Å²) in [5.41, 5.74) is 3.13. The zero-order valence-corrected chi connectivity index (χ0v) is 12.2. The van der Waals surface area contributed by atoms with E-state index in [-0.39, 0.29) is 0 Å². The van der Waals surface area contributed by atoms with Crippen molar-refractivity contribution in [2.45, 2.75) is 13.1 Å². The monoisotopic (exact) mass is 282 g/mol. The Hall–Kier alpha value is -2.40. The Balaban J connectivity index is 1.72. The Labute approximate surface area is 123 Å². The molecule has 3 rings (SSSR count).